The molecule has 0 saturated heterocycles. The van der Waals surface area contributed by atoms with Crippen molar-refractivity contribution < 1.29 is 32.0 Å². The van der Waals surface area contributed by atoms with Crippen molar-refractivity contribution in [3.05, 3.63) is 92.4 Å². The highest BCUT2D eigenvalue weighted by Gasteiger charge is 2.31. The molecule has 3 aromatic rings. The molecule has 0 fully saturated rings. The summed E-state index contributed by atoms with van der Waals surface area (Å²) < 4.78 is 57.1. The van der Waals surface area contributed by atoms with Gasteiger partial charge in [0.15, 0.2) is 0 Å². The lowest BCUT2D eigenvalue weighted by molar-refractivity contribution is -0.384. The van der Waals surface area contributed by atoms with E-state index < -0.39 is 39.6 Å². The Morgan fingerprint density at radius 1 is 1.15 bits per heavy atom. The van der Waals surface area contributed by atoms with Crippen LogP contribution in [-0.4, -0.2) is 22.4 Å². The molecule has 0 bridgehead atoms. The highest BCUT2D eigenvalue weighted by molar-refractivity contribution is 6.31. The molecule has 0 aliphatic heterocycles. The zero-order valence-corrected chi connectivity index (χ0v) is 17.3. The maximum absolute atomic E-state index is 13.9. The van der Waals surface area contributed by atoms with Gasteiger partial charge in [0.25, 0.3) is 11.6 Å². The van der Waals surface area contributed by atoms with Gasteiger partial charge in [0.1, 0.15) is 10.8 Å². The van der Waals surface area contributed by atoms with Crippen LogP contribution in [0.2, 0.25) is 5.02 Å². The first kappa shape index (κ1) is 23.9. The van der Waals surface area contributed by atoms with Crippen molar-refractivity contribution in [2.24, 2.45) is 0 Å². The Labute approximate surface area is 189 Å². The Bertz CT molecular complexity index is 1190. The van der Waals surface area contributed by atoms with E-state index in [1.165, 1.54) is 12.1 Å². The molecule has 1 heterocycles. The third kappa shape index (κ3) is 6.16. The molecule has 12 heteroatoms. The van der Waals surface area contributed by atoms with Crippen molar-refractivity contribution in [3.63, 3.8) is 0 Å². The van der Waals surface area contributed by atoms with Gasteiger partial charge in [-0.15, -0.1) is 0 Å². The van der Waals surface area contributed by atoms with Crippen LogP contribution in [0.5, 0.6) is 5.88 Å². The molecule has 0 spiro atoms. The summed E-state index contributed by atoms with van der Waals surface area (Å²) in [6.07, 6.45) is -3.58. The van der Waals surface area contributed by atoms with Crippen molar-refractivity contribution in [2.75, 3.05) is 11.9 Å². The lowest BCUT2D eigenvalue weighted by Gasteiger charge is -2.11. The SMILES string of the molecule is O=C(Nc1ccc(CCOc2ncc(C(F)(F)F)cc2Cl)cc1)c1cc([N+](=O)[O-])ccc1F. The average molecular weight is 484 g/mol. The van der Waals surface area contributed by atoms with E-state index in [-0.39, 0.29) is 17.5 Å². The predicted molar refractivity (Wildman–Crippen MR) is 111 cm³/mol. The van der Waals surface area contributed by atoms with Gasteiger partial charge in [0.05, 0.1) is 22.7 Å². The van der Waals surface area contributed by atoms with Gasteiger partial charge in [-0.2, -0.15) is 13.2 Å². The number of nitrogens with zero attached hydrogens (tertiary/aromatic N) is 2. The van der Waals surface area contributed by atoms with E-state index in [1.54, 1.807) is 12.1 Å². The monoisotopic (exact) mass is 483 g/mol. The number of nitro benzene ring substituents is 1. The first-order chi connectivity index (χ1) is 15.5. The molecule has 0 atom stereocenters. The van der Waals surface area contributed by atoms with Gasteiger partial charge in [-0.1, -0.05) is 23.7 Å². The van der Waals surface area contributed by atoms with E-state index in [0.29, 0.717) is 18.3 Å². The molecule has 33 heavy (non-hydrogen) atoms. The minimum Gasteiger partial charge on any atom is -0.476 e. The van der Waals surface area contributed by atoms with Gasteiger partial charge < -0.3 is 10.1 Å². The number of amides is 1. The number of hydrogen-bond acceptors (Lipinski definition) is 5. The number of alkyl halides is 3. The molecule has 0 saturated carbocycles. The van der Waals surface area contributed by atoms with Crippen LogP contribution < -0.4 is 10.1 Å². The molecule has 1 N–H and O–H groups in total. The molecule has 1 aromatic heterocycles. The van der Waals surface area contributed by atoms with Crippen LogP contribution in [0.4, 0.5) is 28.9 Å². The maximum atomic E-state index is 13.9. The Hall–Kier alpha value is -3.73. The molecule has 2 aromatic carbocycles. The zero-order chi connectivity index (χ0) is 24.2. The Balaban J connectivity index is 1.57. The van der Waals surface area contributed by atoms with Gasteiger partial charge in [-0.05, 0) is 29.8 Å². The molecule has 1 amide bonds. The predicted octanol–water partition coefficient (Wildman–Crippen LogP) is 5.67. The van der Waals surface area contributed by atoms with Crippen LogP contribution in [0.15, 0.2) is 54.7 Å². The van der Waals surface area contributed by atoms with Crippen LogP contribution in [0, 0.1) is 15.9 Å². The summed E-state index contributed by atoms with van der Waals surface area (Å²) >= 11 is 5.78. The number of non-ortho nitro benzene ring substituents is 1. The van der Waals surface area contributed by atoms with Crippen molar-refractivity contribution in [1.29, 1.82) is 0 Å². The van der Waals surface area contributed by atoms with Gasteiger partial charge in [0.2, 0.25) is 5.88 Å². The zero-order valence-electron chi connectivity index (χ0n) is 16.5. The van der Waals surface area contributed by atoms with Gasteiger partial charge in [-0.3, -0.25) is 14.9 Å². The number of halogens is 5. The van der Waals surface area contributed by atoms with Crippen LogP contribution in [0.1, 0.15) is 21.5 Å². The number of nitro groups is 1. The normalized spacial score (nSPS) is 11.2. The quantitative estimate of drug-likeness (QED) is 0.265. The van der Waals surface area contributed by atoms with Crippen LogP contribution in [0.3, 0.4) is 0 Å². The van der Waals surface area contributed by atoms with E-state index in [9.17, 15) is 32.5 Å². The highest BCUT2D eigenvalue weighted by Crippen LogP contribution is 2.33. The van der Waals surface area contributed by atoms with Gasteiger partial charge in [0, 0.05) is 30.4 Å². The summed E-state index contributed by atoms with van der Waals surface area (Å²) in [5.41, 5.74) is -0.787. The number of benzene rings is 2. The van der Waals surface area contributed by atoms with Gasteiger partial charge >= 0.3 is 6.18 Å². The summed E-state index contributed by atoms with van der Waals surface area (Å²) in [7, 11) is 0. The lowest BCUT2D eigenvalue weighted by Crippen LogP contribution is -2.14. The van der Waals surface area contributed by atoms with E-state index in [1.807, 2.05) is 0 Å². The van der Waals surface area contributed by atoms with Gasteiger partial charge in [-0.25, -0.2) is 9.37 Å². The first-order valence-electron chi connectivity index (χ1n) is 9.24. The second-order valence-corrected chi connectivity index (χ2v) is 7.09. The molecular weight excluding hydrogens is 470 g/mol. The number of aromatic nitrogens is 1. The number of hydrogen-bond donors (Lipinski definition) is 1. The molecule has 7 nitrogen and oxygen atoms in total. The summed E-state index contributed by atoms with van der Waals surface area (Å²) in [6.45, 7) is 0.0721. The van der Waals surface area contributed by atoms with E-state index in [2.05, 4.69) is 10.3 Å². The fourth-order valence-corrected chi connectivity index (χ4v) is 2.93. The number of carbonyl (C=O) groups excluding carboxylic acids is 1. The average Bonchev–Trinajstić information content (AvgIpc) is 2.75. The van der Waals surface area contributed by atoms with E-state index >= 15 is 0 Å². The highest BCUT2D eigenvalue weighted by atomic mass is 35.5. The van der Waals surface area contributed by atoms with Crippen molar-refractivity contribution in [3.8, 4) is 5.88 Å². The number of anilines is 1. The minimum absolute atomic E-state index is 0.0721. The van der Waals surface area contributed by atoms with E-state index in [4.69, 9.17) is 16.3 Å². The fraction of sp³-hybridized carbons (Fsp3) is 0.143. The standard InChI is InChI=1S/C21H14ClF4N3O4/c22-17-9-13(21(24,25)26)11-27-20(17)33-8-7-12-1-3-14(4-2-12)28-19(30)16-10-15(29(31)32)5-6-18(16)23/h1-6,9-11H,7-8H2,(H,28,30). The second-order valence-electron chi connectivity index (χ2n) is 6.68. The fourth-order valence-electron chi connectivity index (χ4n) is 2.71. The van der Waals surface area contributed by atoms with Crippen molar-refractivity contribution >= 4 is 28.9 Å². The van der Waals surface area contributed by atoms with Crippen molar-refractivity contribution in [2.45, 2.75) is 12.6 Å². The smallest absolute Gasteiger partial charge is 0.417 e. The largest absolute Gasteiger partial charge is 0.476 e. The summed E-state index contributed by atoms with van der Waals surface area (Å²) in [6, 6.07) is 9.72. The first-order valence-corrected chi connectivity index (χ1v) is 9.62. The molecule has 172 valence electrons. The Morgan fingerprint density at radius 3 is 2.45 bits per heavy atom. The molecule has 0 radical (unpaired) electrons. The number of ether oxygens (including phenoxy) is 1. The number of rotatable bonds is 7. The lowest BCUT2D eigenvalue weighted by atomic mass is 10.1. The molecule has 0 unspecified atom stereocenters. The summed E-state index contributed by atoms with van der Waals surface area (Å²) in [5.74, 6) is -1.88. The molecule has 3 rings (SSSR count). The number of pyridine rings is 1. The maximum Gasteiger partial charge on any atom is 0.417 e. The molecule has 0 aliphatic carbocycles. The second kappa shape index (κ2) is 9.82. The number of carbonyl (C=O) groups is 1. The van der Waals surface area contributed by atoms with Crippen LogP contribution >= 0.6 is 11.6 Å². The number of nitrogens with one attached hydrogen (secondary N) is 1. The Kier molecular flexibility index (Phi) is 7.12. The topological polar surface area (TPSA) is 94.4 Å². The van der Waals surface area contributed by atoms with Crippen LogP contribution in [0.25, 0.3) is 0 Å². The van der Waals surface area contributed by atoms with E-state index in [0.717, 1.165) is 29.8 Å². The third-order valence-corrected chi connectivity index (χ3v) is 4.65. The summed E-state index contributed by atoms with van der Waals surface area (Å²) in [4.78, 5) is 25.9. The van der Waals surface area contributed by atoms with Crippen LogP contribution in [-0.2, 0) is 12.6 Å². The molecule has 0 aliphatic rings. The molecular formula is C21H14ClF4N3O4. The third-order valence-electron chi connectivity index (χ3n) is 4.38. The Morgan fingerprint density at radius 2 is 1.85 bits per heavy atom. The van der Waals surface area contributed by atoms with Crippen molar-refractivity contribution in [1.82, 2.24) is 4.98 Å². The summed E-state index contributed by atoms with van der Waals surface area (Å²) in [5, 5.41) is 13.0. The minimum atomic E-state index is -4.56.